The van der Waals surface area contributed by atoms with Gasteiger partial charge in [-0.05, 0) is 47.5 Å². The van der Waals surface area contributed by atoms with Gasteiger partial charge in [-0.1, -0.05) is 42.5 Å². The van der Waals surface area contributed by atoms with E-state index in [4.69, 9.17) is 0 Å². The lowest BCUT2D eigenvalue weighted by molar-refractivity contribution is 0.398. The van der Waals surface area contributed by atoms with E-state index in [1.807, 2.05) is 25.1 Å². The molecule has 0 aliphatic rings. The SMILES string of the molecule is CN(C)c1ccc(C(c2c(O)n(C)c(=O)n(C)c2=O)C(c2ccc(C#N)cc2)S(=O)(=O)c2ccccc2)cc1. The Morgan fingerprint density at radius 1 is 0.846 bits per heavy atom. The summed E-state index contributed by atoms with van der Waals surface area (Å²) in [6.45, 7) is 0. The van der Waals surface area contributed by atoms with Crippen molar-refractivity contribution in [3.05, 3.63) is 122 Å². The van der Waals surface area contributed by atoms with Gasteiger partial charge in [0.2, 0.25) is 5.88 Å². The molecule has 2 atom stereocenters. The normalized spacial score (nSPS) is 12.9. The van der Waals surface area contributed by atoms with E-state index < -0.39 is 38.1 Å². The zero-order valence-electron chi connectivity index (χ0n) is 21.9. The minimum absolute atomic E-state index is 0.0235. The van der Waals surface area contributed by atoms with Gasteiger partial charge in [-0.3, -0.25) is 13.9 Å². The second-order valence-electron chi connectivity index (χ2n) is 9.42. The van der Waals surface area contributed by atoms with Gasteiger partial charge >= 0.3 is 5.69 Å². The highest BCUT2D eigenvalue weighted by Gasteiger charge is 2.41. The zero-order valence-corrected chi connectivity index (χ0v) is 22.8. The Morgan fingerprint density at radius 2 is 1.41 bits per heavy atom. The van der Waals surface area contributed by atoms with Crippen molar-refractivity contribution in [2.75, 3.05) is 19.0 Å². The molecule has 0 aliphatic carbocycles. The molecule has 4 rings (SSSR count). The van der Waals surface area contributed by atoms with Crippen LogP contribution in [0.25, 0.3) is 0 Å². The monoisotopic (exact) mass is 544 g/mol. The van der Waals surface area contributed by atoms with Gasteiger partial charge in [-0.2, -0.15) is 5.26 Å². The molecule has 39 heavy (non-hydrogen) atoms. The van der Waals surface area contributed by atoms with Crippen LogP contribution in [0.15, 0.2) is 93.3 Å². The predicted molar refractivity (Wildman–Crippen MR) is 149 cm³/mol. The largest absolute Gasteiger partial charge is 0.494 e. The molecular formula is C29H28N4O5S. The first-order chi connectivity index (χ1) is 18.5. The summed E-state index contributed by atoms with van der Waals surface area (Å²) >= 11 is 0. The summed E-state index contributed by atoms with van der Waals surface area (Å²) in [6.07, 6.45) is 0. The van der Waals surface area contributed by atoms with Crippen molar-refractivity contribution >= 4 is 15.5 Å². The molecule has 0 bridgehead atoms. The molecule has 4 aromatic rings. The lowest BCUT2D eigenvalue weighted by atomic mass is 9.85. The lowest BCUT2D eigenvalue weighted by Crippen LogP contribution is -2.40. The highest BCUT2D eigenvalue weighted by atomic mass is 32.2. The molecule has 9 nitrogen and oxygen atoms in total. The first-order valence-electron chi connectivity index (χ1n) is 12.0. The third-order valence-corrected chi connectivity index (χ3v) is 8.97. The lowest BCUT2D eigenvalue weighted by Gasteiger charge is -2.29. The standard InChI is InChI=1S/C29H28N4O5S/c1-31(2)22-16-14-20(15-17-22)24(25-27(34)32(3)29(36)33(4)28(25)35)26(21-12-10-19(18-30)11-13-21)39(37,38)23-8-6-5-7-9-23/h5-17,24,26,34H,1-4H3. The molecule has 1 heterocycles. The van der Waals surface area contributed by atoms with Crippen LogP contribution < -0.4 is 16.1 Å². The van der Waals surface area contributed by atoms with Gasteiger partial charge in [0.15, 0.2) is 9.84 Å². The molecule has 2 unspecified atom stereocenters. The van der Waals surface area contributed by atoms with Gasteiger partial charge in [0.25, 0.3) is 5.56 Å². The second-order valence-corrected chi connectivity index (χ2v) is 11.5. The molecule has 200 valence electrons. The van der Waals surface area contributed by atoms with Crippen LogP contribution in [0, 0.1) is 11.3 Å². The van der Waals surface area contributed by atoms with Crippen molar-refractivity contribution < 1.29 is 13.5 Å². The smallest absolute Gasteiger partial charge is 0.333 e. The number of hydrogen-bond donors (Lipinski definition) is 1. The molecule has 0 spiro atoms. The molecule has 10 heteroatoms. The van der Waals surface area contributed by atoms with Crippen molar-refractivity contribution in [2.45, 2.75) is 16.1 Å². The molecular weight excluding hydrogens is 516 g/mol. The summed E-state index contributed by atoms with van der Waals surface area (Å²) < 4.78 is 30.5. The fourth-order valence-electron chi connectivity index (χ4n) is 4.66. The number of sulfone groups is 1. The average Bonchev–Trinajstić information content (AvgIpc) is 2.95. The Bertz CT molecular complexity index is 1770. The number of aromatic hydroxyl groups is 1. The van der Waals surface area contributed by atoms with Gasteiger partial charge < -0.3 is 10.0 Å². The fourth-order valence-corrected chi connectivity index (χ4v) is 6.66. The van der Waals surface area contributed by atoms with Crippen LogP contribution in [0.1, 0.15) is 33.4 Å². The maximum absolute atomic E-state index is 14.4. The van der Waals surface area contributed by atoms with Crippen LogP contribution in [0.2, 0.25) is 0 Å². The third kappa shape index (κ3) is 4.96. The Hall–Kier alpha value is -4.62. The van der Waals surface area contributed by atoms with Gasteiger partial charge in [-0.25, -0.2) is 13.2 Å². The first kappa shape index (κ1) is 27.4. The van der Waals surface area contributed by atoms with Crippen LogP contribution >= 0.6 is 0 Å². The predicted octanol–water partition coefficient (Wildman–Crippen LogP) is 3.07. The number of hydrogen-bond acceptors (Lipinski definition) is 7. The van der Waals surface area contributed by atoms with Crippen LogP contribution in [0.3, 0.4) is 0 Å². The summed E-state index contributed by atoms with van der Waals surface area (Å²) in [4.78, 5) is 28.1. The quantitative estimate of drug-likeness (QED) is 0.379. The molecule has 0 amide bonds. The van der Waals surface area contributed by atoms with E-state index in [1.165, 1.54) is 50.5 Å². The summed E-state index contributed by atoms with van der Waals surface area (Å²) in [5, 5.41) is 19.1. The second kappa shape index (κ2) is 10.6. The maximum atomic E-state index is 14.4. The molecule has 1 aromatic heterocycles. The summed E-state index contributed by atoms with van der Waals surface area (Å²) in [5.74, 6) is -1.84. The zero-order chi connectivity index (χ0) is 28.5. The molecule has 0 aliphatic heterocycles. The molecule has 0 saturated carbocycles. The van der Waals surface area contributed by atoms with Crippen LogP contribution in [0.5, 0.6) is 5.88 Å². The van der Waals surface area contributed by atoms with Gasteiger partial charge in [-0.15, -0.1) is 0 Å². The molecule has 1 N–H and O–H groups in total. The van der Waals surface area contributed by atoms with Crippen molar-refractivity contribution in [3.63, 3.8) is 0 Å². The number of nitriles is 1. The first-order valence-corrected chi connectivity index (χ1v) is 13.6. The highest BCUT2D eigenvalue weighted by Crippen LogP contribution is 2.45. The number of anilines is 1. The Morgan fingerprint density at radius 3 is 1.95 bits per heavy atom. The van der Waals surface area contributed by atoms with Crippen LogP contribution in [-0.2, 0) is 23.9 Å². The molecule has 3 aromatic carbocycles. The highest BCUT2D eigenvalue weighted by molar-refractivity contribution is 7.91. The molecule has 0 radical (unpaired) electrons. The third-order valence-electron chi connectivity index (χ3n) is 6.82. The Kier molecular flexibility index (Phi) is 7.47. The number of rotatable bonds is 7. The Balaban J connectivity index is 2.14. The van der Waals surface area contributed by atoms with Crippen LogP contribution in [0.4, 0.5) is 5.69 Å². The maximum Gasteiger partial charge on any atom is 0.333 e. The number of nitrogens with zero attached hydrogens (tertiary/aromatic N) is 4. The van der Waals surface area contributed by atoms with E-state index in [-0.39, 0.29) is 10.5 Å². The van der Waals surface area contributed by atoms with Crippen molar-refractivity contribution in [1.29, 1.82) is 5.26 Å². The average molecular weight is 545 g/mol. The topological polar surface area (TPSA) is 125 Å². The van der Waals surface area contributed by atoms with E-state index >= 15 is 0 Å². The van der Waals surface area contributed by atoms with Gasteiger partial charge in [0.05, 0.1) is 22.1 Å². The summed E-state index contributed by atoms with van der Waals surface area (Å²) in [7, 11) is 2.11. The van der Waals surface area contributed by atoms with E-state index in [1.54, 1.807) is 42.5 Å². The number of aromatic nitrogens is 2. The van der Waals surface area contributed by atoms with Crippen molar-refractivity contribution in [3.8, 4) is 11.9 Å². The minimum atomic E-state index is -4.20. The van der Waals surface area contributed by atoms with Gasteiger partial charge in [0.1, 0.15) is 5.25 Å². The minimum Gasteiger partial charge on any atom is -0.494 e. The van der Waals surface area contributed by atoms with E-state index in [0.717, 1.165) is 14.8 Å². The van der Waals surface area contributed by atoms with E-state index in [0.29, 0.717) is 16.7 Å². The summed E-state index contributed by atoms with van der Waals surface area (Å²) in [6, 6.07) is 23.0. The van der Waals surface area contributed by atoms with E-state index in [2.05, 4.69) is 0 Å². The van der Waals surface area contributed by atoms with Crippen molar-refractivity contribution in [1.82, 2.24) is 9.13 Å². The Labute approximate surface area is 226 Å². The fraction of sp³-hybridized carbons (Fsp3) is 0.207. The van der Waals surface area contributed by atoms with Crippen LogP contribution in [-0.4, -0.2) is 36.8 Å². The van der Waals surface area contributed by atoms with E-state index in [9.17, 15) is 28.4 Å². The number of benzene rings is 3. The van der Waals surface area contributed by atoms with Crippen molar-refractivity contribution in [2.24, 2.45) is 14.1 Å². The molecule has 0 fully saturated rings. The summed E-state index contributed by atoms with van der Waals surface area (Å²) in [5.41, 5.74) is 0.155. The van der Waals surface area contributed by atoms with Gasteiger partial charge in [0, 0.05) is 39.8 Å². The molecule has 0 saturated heterocycles.